The summed E-state index contributed by atoms with van der Waals surface area (Å²) < 4.78 is 29.8. The van der Waals surface area contributed by atoms with Crippen molar-refractivity contribution in [1.29, 1.82) is 0 Å². The molecule has 1 atom stereocenters. The van der Waals surface area contributed by atoms with Crippen LogP contribution in [0.4, 0.5) is 4.79 Å². The molecule has 1 aliphatic heterocycles. The molecular weight excluding hydrogens is 294 g/mol. The predicted molar refractivity (Wildman–Crippen MR) is 78.1 cm³/mol. The summed E-state index contributed by atoms with van der Waals surface area (Å²) in [6.07, 6.45) is 7.01. The molecule has 1 fully saturated rings. The lowest BCUT2D eigenvalue weighted by Gasteiger charge is -2.35. The van der Waals surface area contributed by atoms with Gasteiger partial charge in [0.2, 0.25) is 10.0 Å². The summed E-state index contributed by atoms with van der Waals surface area (Å²) in [7, 11) is -3.24. The van der Waals surface area contributed by atoms with Gasteiger partial charge in [-0.1, -0.05) is 0 Å². The van der Waals surface area contributed by atoms with Gasteiger partial charge in [0.25, 0.3) is 0 Å². The van der Waals surface area contributed by atoms with Crippen molar-refractivity contribution in [3.8, 4) is 0 Å². The molecule has 8 heteroatoms. The standard InChI is InChI=1S/C13H21N3O4S/c1-21(18,19)15-9-12-4-2-3-6-16(12)13(17)14-8-11-5-7-20-10-11/h5,7,10,12,15H,2-4,6,8-9H2,1H3,(H,14,17)/t12-/m1/s1. The average Bonchev–Trinajstić information content (AvgIpc) is 2.95. The minimum atomic E-state index is -3.24. The second kappa shape index (κ2) is 6.95. The molecule has 0 aromatic carbocycles. The van der Waals surface area contributed by atoms with Crippen LogP contribution in [0.15, 0.2) is 23.0 Å². The second-order valence-corrected chi connectivity index (χ2v) is 7.09. The van der Waals surface area contributed by atoms with Gasteiger partial charge in [0.05, 0.1) is 18.8 Å². The third-order valence-electron chi connectivity index (χ3n) is 3.49. The number of furan rings is 1. The van der Waals surface area contributed by atoms with Gasteiger partial charge in [-0.05, 0) is 25.3 Å². The zero-order valence-electron chi connectivity index (χ0n) is 12.0. The predicted octanol–water partition coefficient (Wildman–Crippen LogP) is 0.893. The Morgan fingerprint density at radius 1 is 1.48 bits per heavy atom. The van der Waals surface area contributed by atoms with Crippen molar-refractivity contribution in [2.24, 2.45) is 0 Å². The molecule has 2 rings (SSSR count). The van der Waals surface area contributed by atoms with Crippen LogP contribution in [-0.4, -0.2) is 44.7 Å². The van der Waals surface area contributed by atoms with Gasteiger partial charge in [0.15, 0.2) is 0 Å². The molecule has 2 amide bonds. The van der Waals surface area contributed by atoms with E-state index in [1.54, 1.807) is 23.5 Å². The average molecular weight is 315 g/mol. The van der Waals surface area contributed by atoms with Crippen LogP contribution in [0.25, 0.3) is 0 Å². The number of rotatable bonds is 5. The quantitative estimate of drug-likeness (QED) is 0.844. The SMILES string of the molecule is CS(=O)(=O)NC[C@H]1CCCCN1C(=O)NCc1ccoc1. The van der Waals surface area contributed by atoms with Crippen molar-refractivity contribution >= 4 is 16.1 Å². The van der Waals surface area contributed by atoms with Crippen LogP contribution in [0.2, 0.25) is 0 Å². The highest BCUT2D eigenvalue weighted by Crippen LogP contribution is 2.17. The van der Waals surface area contributed by atoms with Crippen LogP contribution < -0.4 is 10.0 Å². The number of hydrogen-bond donors (Lipinski definition) is 2. The minimum Gasteiger partial charge on any atom is -0.472 e. The van der Waals surface area contributed by atoms with Crippen LogP contribution in [-0.2, 0) is 16.6 Å². The third-order valence-corrected chi connectivity index (χ3v) is 4.18. The number of nitrogens with zero attached hydrogens (tertiary/aromatic N) is 1. The lowest BCUT2D eigenvalue weighted by atomic mass is 10.0. The summed E-state index contributed by atoms with van der Waals surface area (Å²) in [5, 5.41) is 2.83. The molecule has 21 heavy (non-hydrogen) atoms. The maximum Gasteiger partial charge on any atom is 0.317 e. The first-order chi connectivity index (χ1) is 9.96. The molecule has 2 N–H and O–H groups in total. The normalized spacial score (nSPS) is 19.5. The van der Waals surface area contributed by atoms with Crippen molar-refractivity contribution in [2.75, 3.05) is 19.3 Å². The first kappa shape index (κ1) is 15.8. The Bertz CT molecular complexity index is 556. The van der Waals surface area contributed by atoms with Crippen molar-refractivity contribution in [1.82, 2.24) is 14.9 Å². The number of piperidine rings is 1. The van der Waals surface area contributed by atoms with E-state index >= 15 is 0 Å². The highest BCUT2D eigenvalue weighted by Gasteiger charge is 2.27. The minimum absolute atomic E-state index is 0.0992. The number of carbonyl (C=O) groups excluding carboxylic acids is 1. The number of carbonyl (C=O) groups is 1. The van der Waals surface area contributed by atoms with Gasteiger partial charge in [0, 0.05) is 31.2 Å². The van der Waals surface area contributed by atoms with Crippen molar-refractivity contribution < 1.29 is 17.6 Å². The zero-order valence-corrected chi connectivity index (χ0v) is 12.9. The van der Waals surface area contributed by atoms with Crippen LogP contribution in [0.1, 0.15) is 24.8 Å². The van der Waals surface area contributed by atoms with Crippen LogP contribution >= 0.6 is 0 Å². The van der Waals surface area contributed by atoms with Gasteiger partial charge in [-0.25, -0.2) is 17.9 Å². The molecule has 1 saturated heterocycles. The Hall–Kier alpha value is -1.54. The molecule has 0 unspecified atom stereocenters. The number of nitrogens with one attached hydrogen (secondary N) is 2. The van der Waals surface area contributed by atoms with Crippen molar-refractivity contribution in [3.63, 3.8) is 0 Å². The van der Waals surface area contributed by atoms with Crippen molar-refractivity contribution in [2.45, 2.75) is 31.8 Å². The zero-order chi connectivity index (χ0) is 15.3. The van der Waals surface area contributed by atoms with E-state index in [0.29, 0.717) is 13.1 Å². The summed E-state index contributed by atoms with van der Waals surface area (Å²) in [4.78, 5) is 13.9. The van der Waals surface area contributed by atoms with Crippen LogP contribution in [0.3, 0.4) is 0 Å². The van der Waals surface area contributed by atoms with E-state index in [4.69, 9.17) is 4.42 Å². The molecular formula is C13H21N3O4S. The second-order valence-electron chi connectivity index (χ2n) is 5.25. The summed E-state index contributed by atoms with van der Waals surface area (Å²) in [5.74, 6) is 0. The fraction of sp³-hybridized carbons (Fsp3) is 0.615. The lowest BCUT2D eigenvalue weighted by molar-refractivity contribution is 0.152. The molecule has 0 saturated carbocycles. The molecule has 1 aromatic heterocycles. The van der Waals surface area contributed by atoms with Gasteiger partial charge >= 0.3 is 6.03 Å². The molecule has 7 nitrogen and oxygen atoms in total. The van der Waals surface area contributed by atoms with Gasteiger partial charge in [-0.3, -0.25) is 0 Å². The molecule has 0 spiro atoms. The van der Waals surface area contributed by atoms with Gasteiger partial charge in [-0.2, -0.15) is 0 Å². The summed E-state index contributed by atoms with van der Waals surface area (Å²) >= 11 is 0. The Balaban J connectivity index is 1.89. The molecule has 1 aliphatic rings. The van der Waals surface area contributed by atoms with E-state index in [-0.39, 0.29) is 18.6 Å². The Labute approximate surface area is 124 Å². The smallest absolute Gasteiger partial charge is 0.317 e. The lowest BCUT2D eigenvalue weighted by Crippen LogP contribution is -2.52. The first-order valence-electron chi connectivity index (χ1n) is 6.96. The van der Waals surface area contributed by atoms with E-state index in [2.05, 4.69) is 10.0 Å². The summed E-state index contributed by atoms with van der Waals surface area (Å²) in [6.45, 7) is 1.31. The Morgan fingerprint density at radius 3 is 2.95 bits per heavy atom. The van der Waals surface area contributed by atoms with Crippen molar-refractivity contribution in [3.05, 3.63) is 24.2 Å². The number of likely N-dealkylation sites (tertiary alicyclic amines) is 1. The van der Waals surface area contributed by atoms with Gasteiger partial charge in [-0.15, -0.1) is 0 Å². The topological polar surface area (TPSA) is 91.7 Å². The van der Waals surface area contributed by atoms with E-state index in [1.807, 2.05) is 0 Å². The van der Waals surface area contributed by atoms with E-state index in [9.17, 15) is 13.2 Å². The molecule has 0 aliphatic carbocycles. The molecule has 118 valence electrons. The number of urea groups is 1. The maximum absolute atomic E-state index is 12.2. The molecule has 0 radical (unpaired) electrons. The number of sulfonamides is 1. The Morgan fingerprint density at radius 2 is 2.29 bits per heavy atom. The van der Waals surface area contributed by atoms with E-state index in [0.717, 1.165) is 31.1 Å². The summed E-state index contributed by atoms with van der Waals surface area (Å²) in [6, 6.07) is 1.52. The molecule has 2 heterocycles. The number of hydrogen-bond acceptors (Lipinski definition) is 4. The fourth-order valence-corrected chi connectivity index (χ4v) is 2.90. The first-order valence-corrected chi connectivity index (χ1v) is 8.85. The van der Waals surface area contributed by atoms with Gasteiger partial charge in [0.1, 0.15) is 0 Å². The maximum atomic E-state index is 12.2. The van der Waals surface area contributed by atoms with Crippen LogP contribution in [0, 0.1) is 0 Å². The highest BCUT2D eigenvalue weighted by atomic mass is 32.2. The Kier molecular flexibility index (Phi) is 5.24. The molecule has 0 bridgehead atoms. The van der Waals surface area contributed by atoms with Gasteiger partial charge < -0.3 is 14.6 Å². The monoisotopic (exact) mass is 315 g/mol. The highest BCUT2D eigenvalue weighted by molar-refractivity contribution is 7.88. The third kappa shape index (κ3) is 5.05. The van der Waals surface area contributed by atoms with E-state index < -0.39 is 10.0 Å². The largest absolute Gasteiger partial charge is 0.472 e. The molecule has 1 aromatic rings. The van der Waals surface area contributed by atoms with E-state index in [1.165, 1.54) is 0 Å². The van der Waals surface area contributed by atoms with Crippen LogP contribution in [0.5, 0.6) is 0 Å². The number of amides is 2. The summed E-state index contributed by atoms with van der Waals surface area (Å²) in [5.41, 5.74) is 0.895. The fourth-order valence-electron chi connectivity index (χ4n) is 2.40.